The van der Waals surface area contributed by atoms with Gasteiger partial charge in [0.15, 0.2) is 0 Å². The summed E-state index contributed by atoms with van der Waals surface area (Å²) in [5, 5.41) is 0. The molecule has 0 aliphatic carbocycles. The minimum atomic E-state index is -0.535. The Bertz CT molecular complexity index is 424. The van der Waals surface area contributed by atoms with Crippen molar-refractivity contribution in [3.63, 3.8) is 0 Å². The molecule has 1 heterocycles. The molecule has 0 bridgehead atoms. The van der Waals surface area contributed by atoms with Gasteiger partial charge in [0, 0.05) is 0 Å². The fourth-order valence-electron chi connectivity index (χ4n) is 1.65. The Morgan fingerprint density at radius 2 is 1.56 bits per heavy atom. The van der Waals surface area contributed by atoms with Gasteiger partial charge in [0.05, 0.1) is 11.1 Å². The maximum Gasteiger partial charge on any atom is 0.263 e. The van der Waals surface area contributed by atoms with Crippen LogP contribution in [0.4, 0.5) is 0 Å². The van der Waals surface area contributed by atoms with Crippen molar-refractivity contribution in [2.75, 3.05) is 14.1 Å². The van der Waals surface area contributed by atoms with Crippen LogP contribution >= 0.6 is 12.6 Å². The van der Waals surface area contributed by atoms with E-state index in [-0.39, 0.29) is 11.8 Å². The van der Waals surface area contributed by atoms with E-state index in [1.807, 2.05) is 0 Å². The Labute approximate surface area is 99.2 Å². The van der Waals surface area contributed by atoms with Crippen molar-refractivity contribution >= 4 is 24.4 Å². The fraction of sp³-hybridized carbons (Fsp3) is 0.273. The van der Waals surface area contributed by atoms with E-state index in [0.29, 0.717) is 11.1 Å². The molecule has 0 spiro atoms. The van der Waals surface area contributed by atoms with Gasteiger partial charge in [-0.15, -0.1) is 12.6 Å². The molecule has 16 heavy (non-hydrogen) atoms. The molecule has 1 aliphatic heterocycles. The van der Waals surface area contributed by atoms with Crippen molar-refractivity contribution in [3.8, 4) is 0 Å². The van der Waals surface area contributed by atoms with Crippen LogP contribution < -0.4 is 0 Å². The van der Waals surface area contributed by atoms with Gasteiger partial charge in [0.2, 0.25) is 0 Å². The van der Waals surface area contributed by atoms with E-state index >= 15 is 0 Å². The SMILES string of the molecule is CN(C)C(S)N1C(=O)c2ccccc2C1=O. The number of imide groups is 1. The highest BCUT2D eigenvalue weighted by Crippen LogP contribution is 2.25. The zero-order valence-corrected chi connectivity index (χ0v) is 9.94. The highest BCUT2D eigenvalue weighted by Gasteiger charge is 2.39. The lowest BCUT2D eigenvalue weighted by molar-refractivity contribution is 0.0547. The standard InChI is InChI=1S/C11H12N2O2S/c1-12(2)11(16)13-9(14)7-5-3-4-6-8(7)10(13)15/h3-6,11,16H,1-2H3. The minimum absolute atomic E-state index is 0.283. The summed E-state index contributed by atoms with van der Waals surface area (Å²) in [6, 6.07) is 6.81. The zero-order valence-electron chi connectivity index (χ0n) is 9.04. The molecule has 0 N–H and O–H groups in total. The second-order valence-electron chi connectivity index (χ2n) is 3.84. The molecule has 1 aromatic rings. The van der Waals surface area contributed by atoms with Gasteiger partial charge in [-0.1, -0.05) is 12.1 Å². The highest BCUT2D eigenvalue weighted by atomic mass is 32.1. The number of fused-ring (bicyclic) bond motifs is 1. The van der Waals surface area contributed by atoms with Crippen molar-refractivity contribution in [1.82, 2.24) is 9.80 Å². The molecule has 0 saturated carbocycles. The molecule has 1 unspecified atom stereocenters. The van der Waals surface area contributed by atoms with Crippen LogP contribution in [0.15, 0.2) is 24.3 Å². The Morgan fingerprint density at radius 1 is 1.12 bits per heavy atom. The Balaban J connectivity index is 2.43. The second-order valence-corrected chi connectivity index (χ2v) is 4.30. The van der Waals surface area contributed by atoms with Crippen LogP contribution in [-0.2, 0) is 0 Å². The van der Waals surface area contributed by atoms with Crippen LogP contribution in [0, 0.1) is 0 Å². The Hall–Kier alpha value is -1.33. The monoisotopic (exact) mass is 236 g/mol. The van der Waals surface area contributed by atoms with E-state index in [1.54, 1.807) is 43.3 Å². The summed E-state index contributed by atoms with van der Waals surface area (Å²) < 4.78 is 0. The summed E-state index contributed by atoms with van der Waals surface area (Å²) >= 11 is 4.25. The second kappa shape index (κ2) is 3.92. The topological polar surface area (TPSA) is 40.6 Å². The Kier molecular flexibility index (Phi) is 2.73. The van der Waals surface area contributed by atoms with Crippen LogP contribution in [0.3, 0.4) is 0 Å². The lowest BCUT2D eigenvalue weighted by Gasteiger charge is -2.26. The maximum absolute atomic E-state index is 12.0. The van der Waals surface area contributed by atoms with Crippen molar-refractivity contribution < 1.29 is 9.59 Å². The van der Waals surface area contributed by atoms with Crippen LogP contribution in [0.5, 0.6) is 0 Å². The molecule has 1 aliphatic rings. The van der Waals surface area contributed by atoms with E-state index in [0.717, 1.165) is 4.90 Å². The molecule has 2 amide bonds. The number of rotatable bonds is 2. The summed E-state index contributed by atoms with van der Waals surface area (Å²) in [6.45, 7) is 0. The van der Waals surface area contributed by atoms with E-state index in [1.165, 1.54) is 0 Å². The fourth-order valence-corrected chi connectivity index (χ4v) is 1.86. The van der Waals surface area contributed by atoms with Gasteiger partial charge in [-0.05, 0) is 26.2 Å². The number of hydrogen-bond donors (Lipinski definition) is 1. The molecule has 0 aromatic heterocycles. The number of carbonyl (C=O) groups is 2. The van der Waals surface area contributed by atoms with E-state index in [4.69, 9.17) is 0 Å². The van der Waals surface area contributed by atoms with Gasteiger partial charge in [0.1, 0.15) is 5.50 Å². The van der Waals surface area contributed by atoms with Crippen molar-refractivity contribution in [3.05, 3.63) is 35.4 Å². The number of nitrogens with zero attached hydrogens (tertiary/aromatic N) is 2. The van der Waals surface area contributed by atoms with E-state index < -0.39 is 5.50 Å². The lowest BCUT2D eigenvalue weighted by atomic mass is 10.1. The van der Waals surface area contributed by atoms with Crippen LogP contribution in [-0.4, -0.2) is 41.2 Å². The van der Waals surface area contributed by atoms with Gasteiger partial charge in [0.25, 0.3) is 11.8 Å². The van der Waals surface area contributed by atoms with Crippen molar-refractivity contribution in [2.45, 2.75) is 5.50 Å². The number of amides is 2. The highest BCUT2D eigenvalue weighted by molar-refractivity contribution is 7.80. The number of benzene rings is 1. The van der Waals surface area contributed by atoms with Crippen molar-refractivity contribution in [1.29, 1.82) is 0 Å². The van der Waals surface area contributed by atoms with Crippen LogP contribution in [0.25, 0.3) is 0 Å². The van der Waals surface area contributed by atoms with Gasteiger partial charge in [-0.3, -0.25) is 14.5 Å². The largest absolute Gasteiger partial charge is 0.281 e. The predicted octanol–water partition coefficient (Wildman–Crippen LogP) is 1.06. The van der Waals surface area contributed by atoms with Gasteiger partial charge >= 0.3 is 0 Å². The molecule has 1 aromatic carbocycles. The summed E-state index contributed by atoms with van der Waals surface area (Å²) in [4.78, 5) is 26.8. The first-order valence-electron chi connectivity index (χ1n) is 4.85. The molecule has 4 nitrogen and oxygen atoms in total. The van der Waals surface area contributed by atoms with Gasteiger partial charge in [-0.25, -0.2) is 4.90 Å². The molecule has 0 saturated heterocycles. The van der Waals surface area contributed by atoms with Gasteiger partial charge in [-0.2, -0.15) is 0 Å². The molecule has 1 atom stereocenters. The molecule has 2 rings (SSSR count). The Morgan fingerprint density at radius 3 is 1.94 bits per heavy atom. The zero-order chi connectivity index (χ0) is 11.9. The average molecular weight is 236 g/mol. The van der Waals surface area contributed by atoms with E-state index in [2.05, 4.69) is 12.6 Å². The van der Waals surface area contributed by atoms with E-state index in [9.17, 15) is 9.59 Å². The molecular weight excluding hydrogens is 224 g/mol. The summed E-state index contributed by atoms with van der Waals surface area (Å²) in [5.74, 6) is -0.566. The molecule has 5 heteroatoms. The summed E-state index contributed by atoms with van der Waals surface area (Å²) in [5.41, 5.74) is 0.370. The minimum Gasteiger partial charge on any atom is -0.281 e. The average Bonchev–Trinajstić information content (AvgIpc) is 2.52. The maximum atomic E-state index is 12.0. The normalized spacial score (nSPS) is 16.9. The van der Waals surface area contributed by atoms with Crippen LogP contribution in [0.2, 0.25) is 0 Å². The smallest absolute Gasteiger partial charge is 0.263 e. The first kappa shape index (κ1) is 11.2. The number of thiol groups is 1. The quantitative estimate of drug-likeness (QED) is 0.474. The van der Waals surface area contributed by atoms with Crippen LogP contribution in [0.1, 0.15) is 20.7 Å². The third-order valence-corrected chi connectivity index (χ3v) is 3.21. The number of hydrogen-bond acceptors (Lipinski definition) is 4. The predicted molar refractivity (Wildman–Crippen MR) is 63.4 cm³/mol. The molecule has 0 fully saturated rings. The summed E-state index contributed by atoms with van der Waals surface area (Å²) in [6.07, 6.45) is 0. The molecular formula is C11H12N2O2S. The number of carbonyl (C=O) groups excluding carboxylic acids is 2. The first-order valence-corrected chi connectivity index (χ1v) is 5.37. The molecule has 0 radical (unpaired) electrons. The lowest BCUT2D eigenvalue weighted by Crippen LogP contribution is -2.44. The first-order chi connectivity index (χ1) is 7.54. The van der Waals surface area contributed by atoms with Crippen molar-refractivity contribution in [2.24, 2.45) is 0 Å². The molecule has 84 valence electrons. The third kappa shape index (κ3) is 1.52. The third-order valence-electron chi connectivity index (χ3n) is 2.52. The van der Waals surface area contributed by atoms with Gasteiger partial charge < -0.3 is 0 Å². The summed E-state index contributed by atoms with van der Waals surface area (Å²) in [7, 11) is 3.53.